The minimum absolute atomic E-state index is 0.107. The van der Waals surface area contributed by atoms with Gasteiger partial charge in [-0.05, 0) is 84.3 Å². The fourth-order valence-corrected chi connectivity index (χ4v) is 6.92. The van der Waals surface area contributed by atoms with Gasteiger partial charge in [-0.3, -0.25) is 4.79 Å². The van der Waals surface area contributed by atoms with E-state index in [1.165, 1.54) is 31.3 Å². The molecule has 0 heterocycles. The van der Waals surface area contributed by atoms with Gasteiger partial charge >= 0.3 is 0 Å². The summed E-state index contributed by atoms with van der Waals surface area (Å²) in [4.78, 5) is 12.0. The van der Waals surface area contributed by atoms with E-state index in [0.29, 0.717) is 41.3 Å². The van der Waals surface area contributed by atoms with Crippen molar-refractivity contribution in [3.8, 4) is 0 Å². The number of ketones is 1. The Kier molecular flexibility index (Phi) is 5.33. The van der Waals surface area contributed by atoms with E-state index < -0.39 is 0 Å². The number of allylic oxidation sites excluding steroid dienone is 8. The molecule has 1 fully saturated rings. The van der Waals surface area contributed by atoms with E-state index in [-0.39, 0.29) is 5.41 Å². The second kappa shape index (κ2) is 7.40. The largest absolute Gasteiger partial charge is 0.295 e. The molecule has 0 spiro atoms. The summed E-state index contributed by atoms with van der Waals surface area (Å²) in [6.45, 7) is 14.4. The molecular weight excluding hydrogens is 352 g/mol. The maximum absolute atomic E-state index is 12.0. The van der Waals surface area contributed by atoms with Crippen molar-refractivity contribution in [2.24, 2.45) is 40.4 Å². The predicted octanol–water partition coefficient (Wildman–Crippen LogP) is 7.46. The minimum atomic E-state index is 0.107. The third-order valence-corrected chi connectivity index (χ3v) is 9.39. The molecule has 158 valence electrons. The van der Waals surface area contributed by atoms with E-state index in [0.717, 1.165) is 12.3 Å². The van der Waals surface area contributed by atoms with Gasteiger partial charge in [-0.25, -0.2) is 0 Å². The van der Waals surface area contributed by atoms with Crippen molar-refractivity contribution >= 4 is 5.78 Å². The molecule has 0 radical (unpaired) electrons. The molecular formula is C28H40O. The highest BCUT2D eigenvalue weighted by Crippen LogP contribution is 2.63. The summed E-state index contributed by atoms with van der Waals surface area (Å²) in [6.07, 6.45) is 18.5. The van der Waals surface area contributed by atoms with E-state index in [4.69, 9.17) is 0 Å². The van der Waals surface area contributed by atoms with Crippen LogP contribution in [0.5, 0.6) is 0 Å². The summed E-state index contributed by atoms with van der Waals surface area (Å²) < 4.78 is 0. The van der Waals surface area contributed by atoms with Crippen LogP contribution >= 0.6 is 0 Å². The molecule has 0 aromatic rings. The summed E-state index contributed by atoms with van der Waals surface area (Å²) in [7, 11) is 0. The third-order valence-electron chi connectivity index (χ3n) is 9.39. The van der Waals surface area contributed by atoms with Crippen LogP contribution in [0.15, 0.2) is 47.1 Å². The van der Waals surface area contributed by atoms with Gasteiger partial charge in [0, 0.05) is 11.8 Å². The summed E-state index contributed by atoms with van der Waals surface area (Å²) in [6, 6.07) is 0. The van der Waals surface area contributed by atoms with Gasteiger partial charge in [-0.1, -0.05) is 71.4 Å². The van der Waals surface area contributed by atoms with Crippen LogP contribution in [0.3, 0.4) is 0 Å². The first-order valence-electron chi connectivity index (χ1n) is 12.0. The molecule has 1 heteroatoms. The molecule has 1 saturated carbocycles. The Bertz CT molecular complexity index is 806. The van der Waals surface area contributed by atoms with Crippen molar-refractivity contribution in [2.45, 2.75) is 80.1 Å². The highest BCUT2D eigenvalue weighted by molar-refractivity contribution is 5.92. The maximum atomic E-state index is 12.0. The Morgan fingerprint density at radius 3 is 2.48 bits per heavy atom. The highest BCUT2D eigenvalue weighted by Gasteiger charge is 2.53. The van der Waals surface area contributed by atoms with E-state index in [2.05, 4.69) is 65.8 Å². The van der Waals surface area contributed by atoms with Gasteiger partial charge in [-0.15, -0.1) is 0 Å². The number of carbonyl (C=O) groups excluding carboxylic acids is 1. The van der Waals surface area contributed by atoms with Crippen LogP contribution in [0, 0.1) is 40.4 Å². The number of rotatable bonds is 4. The molecule has 0 saturated heterocycles. The summed E-state index contributed by atoms with van der Waals surface area (Å²) in [5, 5.41) is 0. The Labute approximate surface area is 178 Å². The first-order valence-corrected chi connectivity index (χ1v) is 12.0. The Morgan fingerprint density at radius 2 is 1.76 bits per heavy atom. The van der Waals surface area contributed by atoms with Crippen LogP contribution in [0.4, 0.5) is 0 Å². The standard InChI is InChI=1S/C28H40O/c1-18(2)19(3)7-8-20(4)24-11-12-25-23-10-9-21-17-22(29)13-15-27(21,5)26(23)14-16-28(24,25)6/h7-10,17-20,24-25H,11-16H2,1-6H3/b8-7+/t19-,20+,24+,25-,27-,28+/m0/s1. The molecule has 0 aromatic carbocycles. The molecule has 4 rings (SSSR count). The van der Waals surface area contributed by atoms with E-state index in [1.54, 1.807) is 11.1 Å². The van der Waals surface area contributed by atoms with Crippen molar-refractivity contribution in [3.05, 3.63) is 47.1 Å². The first-order chi connectivity index (χ1) is 13.7. The van der Waals surface area contributed by atoms with Crippen LogP contribution in [-0.2, 0) is 4.79 Å². The Balaban J connectivity index is 1.61. The van der Waals surface area contributed by atoms with Gasteiger partial charge in [0.25, 0.3) is 0 Å². The topological polar surface area (TPSA) is 17.1 Å². The fraction of sp³-hybridized carbons (Fsp3) is 0.679. The second-order valence-electron chi connectivity index (χ2n) is 11.3. The lowest BCUT2D eigenvalue weighted by atomic mass is 9.54. The van der Waals surface area contributed by atoms with Gasteiger partial charge in [-0.2, -0.15) is 0 Å². The van der Waals surface area contributed by atoms with Crippen molar-refractivity contribution in [2.75, 3.05) is 0 Å². The molecule has 0 N–H and O–H groups in total. The third kappa shape index (κ3) is 3.33. The zero-order chi connectivity index (χ0) is 21.0. The molecule has 4 aliphatic carbocycles. The summed E-state index contributed by atoms with van der Waals surface area (Å²) >= 11 is 0. The van der Waals surface area contributed by atoms with Crippen LogP contribution in [0.2, 0.25) is 0 Å². The minimum Gasteiger partial charge on any atom is -0.295 e. The van der Waals surface area contributed by atoms with Crippen LogP contribution in [0.25, 0.3) is 0 Å². The van der Waals surface area contributed by atoms with E-state index in [9.17, 15) is 4.79 Å². The Morgan fingerprint density at radius 1 is 1.00 bits per heavy atom. The lowest BCUT2D eigenvalue weighted by Gasteiger charge is -2.50. The highest BCUT2D eigenvalue weighted by atomic mass is 16.1. The monoisotopic (exact) mass is 392 g/mol. The average Bonchev–Trinajstić information content (AvgIpc) is 3.03. The lowest BCUT2D eigenvalue weighted by Crippen LogP contribution is -2.40. The smallest absolute Gasteiger partial charge is 0.156 e. The van der Waals surface area contributed by atoms with Crippen molar-refractivity contribution < 1.29 is 4.79 Å². The average molecular weight is 393 g/mol. The molecule has 6 atom stereocenters. The molecule has 0 unspecified atom stereocenters. The van der Waals surface area contributed by atoms with Crippen molar-refractivity contribution in [1.29, 1.82) is 0 Å². The van der Waals surface area contributed by atoms with Gasteiger partial charge in [0.2, 0.25) is 0 Å². The van der Waals surface area contributed by atoms with Crippen molar-refractivity contribution in [3.63, 3.8) is 0 Å². The molecule has 0 bridgehead atoms. The number of carbonyl (C=O) groups is 1. The zero-order valence-corrected chi connectivity index (χ0v) is 19.4. The predicted molar refractivity (Wildman–Crippen MR) is 122 cm³/mol. The number of hydrogen-bond donors (Lipinski definition) is 0. The second-order valence-corrected chi connectivity index (χ2v) is 11.3. The summed E-state index contributed by atoms with van der Waals surface area (Å²) in [5.74, 6) is 3.81. The SMILES string of the molecule is CC(C)[C@@H](C)/C=C/[C@@H](C)[C@H]1CC[C@H]2C3=C(CC[C@]12C)[C@@]1(C)CCC(=O)C=C1C=C3. The lowest BCUT2D eigenvalue weighted by molar-refractivity contribution is -0.115. The first kappa shape index (κ1) is 20.9. The van der Waals surface area contributed by atoms with Gasteiger partial charge < -0.3 is 0 Å². The molecule has 0 aliphatic heterocycles. The van der Waals surface area contributed by atoms with E-state index in [1.807, 2.05) is 6.08 Å². The molecule has 29 heavy (non-hydrogen) atoms. The summed E-state index contributed by atoms with van der Waals surface area (Å²) in [5.41, 5.74) is 5.09. The van der Waals surface area contributed by atoms with Crippen LogP contribution in [-0.4, -0.2) is 5.78 Å². The fourth-order valence-electron chi connectivity index (χ4n) is 6.92. The number of hydrogen-bond acceptors (Lipinski definition) is 1. The zero-order valence-electron chi connectivity index (χ0n) is 19.4. The van der Waals surface area contributed by atoms with Gasteiger partial charge in [0.05, 0.1) is 0 Å². The molecule has 0 aromatic heterocycles. The number of fused-ring (bicyclic) bond motifs is 4. The Hall–Kier alpha value is -1.37. The maximum Gasteiger partial charge on any atom is 0.156 e. The normalized spacial score (nSPS) is 38.7. The van der Waals surface area contributed by atoms with Gasteiger partial charge in [0.1, 0.15) is 0 Å². The molecule has 0 amide bonds. The van der Waals surface area contributed by atoms with E-state index >= 15 is 0 Å². The van der Waals surface area contributed by atoms with Crippen LogP contribution in [0.1, 0.15) is 80.1 Å². The van der Waals surface area contributed by atoms with Crippen molar-refractivity contribution in [1.82, 2.24) is 0 Å². The van der Waals surface area contributed by atoms with Gasteiger partial charge in [0.15, 0.2) is 5.78 Å². The van der Waals surface area contributed by atoms with Crippen LogP contribution < -0.4 is 0 Å². The quantitative estimate of drug-likeness (QED) is 0.454. The molecule has 1 nitrogen and oxygen atoms in total. The molecule has 4 aliphatic rings.